The van der Waals surface area contributed by atoms with Crippen molar-refractivity contribution in [3.8, 4) is 0 Å². The average molecular weight is 350 g/mol. The second kappa shape index (κ2) is 5.23. The van der Waals surface area contributed by atoms with E-state index in [1.165, 1.54) is 0 Å². The van der Waals surface area contributed by atoms with E-state index in [-0.39, 0.29) is 29.7 Å². The number of ketones is 3. The number of hydrogen-bond acceptors (Lipinski definition) is 5. The lowest BCUT2D eigenvalue weighted by molar-refractivity contribution is -0.183. The maximum Gasteiger partial charge on any atom is 0.163 e. The number of fused-ring (bicyclic) bond motifs is 1. The van der Waals surface area contributed by atoms with Crippen molar-refractivity contribution in [2.45, 2.75) is 85.0 Å². The summed E-state index contributed by atoms with van der Waals surface area (Å²) in [6.07, 6.45) is 0.683. The van der Waals surface area contributed by atoms with Crippen LogP contribution in [0.5, 0.6) is 0 Å². The average Bonchev–Trinajstić information content (AvgIpc) is 2.83. The Morgan fingerprint density at radius 2 is 1.84 bits per heavy atom. The minimum Gasteiger partial charge on any atom is -0.388 e. The van der Waals surface area contributed by atoms with Crippen LogP contribution in [-0.4, -0.2) is 40.3 Å². The molecule has 5 heteroatoms. The molecule has 0 aromatic heterocycles. The van der Waals surface area contributed by atoms with Crippen molar-refractivity contribution in [1.82, 2.24) is 0 Å². The Labute approximate surface area is 149 Å². The second-order valence-electron chi connectivity index (χ2n) is 9.74. The van der Waals surface area contributed by atoms with Gasteiger partial charge in [-0.15, -0.1) is 0 Å². The van der Waals surface area contributed by atoms with Gasteiger partial charge in [-0.05, 0) is 38.5 Å². The highest BCUT2D eigenvalue weighted by Gasteiger charge is 2.75. The molecule has 1 aliphatic heterocycles. The molecule has 0 aromatic rings. The number of carbonyl (C=O) groups excluding carboxylic acids is 3. The fourth-order valence-electron chi connectivity index (χ4n) is 5.36. The predicted molar refractivity (Wildman–Crippen MR) is 91.9 cm³/mol. The molecule has 1 N–H and O–H groups in total. The second-order valence-corrected chi connectivity index (χ2v) is 9.74. The molecule has 140 valence electrons. The molecule has 2 saturated carbocycles. The Morgan fingerprint density at radius 1 is 1.24 bits per heavy atom. The van der Waals surface area contributed by atoms with Gasteiger partial charge in [0.1, 0.15) is 0 Å². The van der Waals surface area contributed by atoms with Gasteiger partial charge in [-0.25, -0.2) is 0 Å². The quantitative estimate of drug-likeness (QED) is 0.791. The first kappa shape index (κ1) is 18.7. The molecule has 2 aliphatic carbocycles. The summed E-state index contributed by atoms with van der Waals surface area (Å²) in [6, 6.07) is 0. The van der Waals surface area contributed by atoms with Crippen molar-refractivity contribution >= 4 is 17.3 Å². The lowest BCUT2D eigenvalue weighted by Gasteiger charge is -2.57. The Balaban J connectivity index is 2.15. The largest absolute Gasteiger partial charge is 0.388 e. The summed E-state index contributed by atoms with van der Waals surface area (Å²) in [5, 5.41) is 10.4. The van der Waals surface area contributed by atoms with Crippen molar-refractivity contribution in [3.05, 3.63) is 0 Å². The standard InChI is InChI=1S/C20H30O5/c1-11(2)15(22)20-12(21)9-13-19(16(20)23,8-7-17(20,3)4)10-14(25-13)18(5,6)24/h11,13-14,24H,7-10H2,1-6H3/t13?,14-,19-,20+/m0/s1. The number of rotatable bonds is 3. The van der Waals surface area contributed by atoms with Crippen molar-refractivity contribution in [2.75, 3.05) is 0 Å². The minimum atomic E-state index is -1.56. The summed E-state index contributed by atoms with van der Waals surface area (Å²) in [6.45, 7) is 10.6. The number of hydrogen-bond donors (Lipinski definition) is 1. The first-order chi connectivity index (χ1) is 11.3. The molecule has 4 atom stereocenters. The molecule has 3 aliphatic rings. The van der Waals surface area contributed by atoms with Crippen molar-refractivity contribution < 1.29 is 24.2 Å². The van der Waals surface area contributed by atoms with Crippen LogP contribution in [0.3, 0.4) is 0 Å². The minimum absolute atomic E-state index is 0.0835. The number of carbonyl (C=O) groups is 3. The zero-order valence-electron chi connectivity index (χ0n) is 16.1. The molecule has 25 heavy (non-hydrogen) atoms. The molecule has 0 aromatic carbocycles. The number of ether oxygens (including phenoxy) is 1. The molecule has 5 nitrogen and oxygen atoms in total. The summed E-state index contributed by atoms with van der Waals surface area (Å²) >= 11 is 0. The van der Waals surface area contributed by atoms with Gasteiger partial charge < -0.3 is 9.84 Å². The van der Waals surface area contributed by atoms with Gasteiger partial charge in [0.15, 0.2) is 22.8 Å². The first-order valence-electron chi connectivity index (χ1n) is 9.31. The van der Waals surface area contributed by atoms with E-state index in [9.17, 15) is 19.5 Å². The van der Waals surface area contributed by atoms with Crippen LogP contribution < -0.4 is 0 Å². The molecule has 0 radical (unpaired) electrons. The van der Waals surface area contributed by atoms with Gasteiger partial charge in [-0.2, -0.15) is 0 Å². The van der Waals surface area contributed by atoms with E-state index in [4.69, 9.17) is 4.74 Å². The molecular formula is C20H30O5. The third kappa shape index (κ3) is 2.18. The van der Waals surface area contributed by atoms with Crippen LogP contribution >= 0.6 is 0 Å². The van der Waals surface area contributed by atoms with Gasteiger partial charge in [0, 0.05) is 12.3 Å². The summed E-state index contributed by atoms with van der Waals surface area (Å²) in [5.74, 6) is -1.18. The fraction of sp³-hybridized carbons (Fsp3) is 0.850. The van der Waals surface area contributed by atoms with Crippen molar-refractivity contribution in [1.29, 1.82) is 0 Å². The SMILES string of the molecule is CC(C)C(=O)[C@@]12C(=O)CC3O[C@H](C(C)(C)O)C[C@]3(CCC1(C)C)C2=O. The van der Waals surface area contributed by atoms with Crippen LogP contribution in [0, 0.1) is 22.2 Å². The zero-order chi connectivity index (χ0) is 19.0. The maximum absolute atomic E-state index is 13.8. The van der Waals surface area contributed by atoms with Crippen molar-refractivity contribution in [2.24, 2.45) is 22.2 Å². The smallest absolute Gasteiger partial charge is 0.163 e. The van der Waals surface area contributed by atoms with E-state index in [0.29, 0.717) is 19.3 Å². The Morgan fingerprint density at radius 3 is 2.36 bits per heavy atom. The molecule has 1 unspecified atom stereocenters. The molecule has 0 amide bonds. The molecule has 2 bridgehead atoms. The Hall–Kier alpha value is -1.07. The van der Waals surface area contributed by atoms with E-state index >= 15 is 0 Å². The summed E-state index contributed by atoms with van der Waals surface area (Å²) in [5.41, 5.74) is -4.16. The van der Waals surface area contributed by atoms with Crippen LogP contribution in [0.15, 0.2) is 0 Å². The van der Waals surface area contributed by atoms with Crippen LogP contribution in [0.25, 0.3) is 0 Å². The molecule has 1 spiro atoms. The highest BCUT2D eigenvalue weighted by atomic mass is 16.5. The van der Waals surface area contributed by atoms with Gasteiger partial charge >= 0.3 is 0 Å². The lowest BCUT2D eigenvalue weighted by atomic mass is 9.42. The molecule has 1 saturated heterocycles. The first-order valence-corrected chi connectivity index (χ1v) is 9.31. The summed E-state index contributed by atoms with van der Waals surface area (Å²) in [7, 11) is 0. The predicted octanol–water partition coefficient (Wildman–Crippen LogP) is 2.47. The van der Waals surface area contributed by atoms with Crippen LogP contribution in [0.2, 0.25) is 0 Å². The normalized spacial score (nSPS) is 40.3. The molecule has 3 rings (SSSR count). The van der Waals surface area contributed by atoms with E-state index in [0.717, 1.165) is 0 Å². The topological polar surface area (TPSA) is 80.7 Å². The van der Waals surface area contributed by atoms with Gasteiger partial charge in [0.25, 0.3) is 0 Å². The fourth-order valence-corrected chi connectivity index (χ4v) is 5.36. The van der Waals surface area contributed by atoms with Crippen LogP contribution in [0.1, 0.15) is 67.2 Å². The third-order valence-corrected chi connectivity index (χ3v) is 6.97. The lowest BCUT2D eigenvalue weighted by Crippen LogP contribution is -2.69. The molecular weight excluding hydrogens is 320 g/mol. The van der Waals surface area contributed by atoms with E-state index in [1.54, 1.807) is 27.7 Å². The third-order valence-electron chi connectivity index (χ3n) is 6.97. The van der Waals surface area contributed by atoms with Crippen LogP contribution in [-0.2, 0) is 19.1 Å². The zero-order valence-corrected chi connectivity index (χ0v) is 16.1. The van der Waals surface area contributed by atoms with Gasteiger partial charge in [-0.1, -0.05) is 27.7 Å². The maximum atomic E-state index is 13.8. The number of Topliss-reactive ketones (excluding diaryl/α,β-unsaturated/α-hetero) is 3. The highest BCUT2D eigenvalue weighted by molar-refractivity contribution is 6.28. The van der Waals surface area contributed by atoms with Crippen LogP contribution in [0.4, 0.5) is 0 Å². The van der Waals surface area contributed by atoms with Gasteiger partial charge in [0.05, 0.1) is 23.2 Å². The summed E-state index contributed by atoms with van der Waals surface area (Å²) < 4.78 is 6.00. The van der Waals surface area contributed by atoms with Gasteiger partial charge in [0.2, 0.25) is 0 Å². The Kier molecular flexibility index (Phi) is 3.91. The Bertz CT molecular complexity index is 641. The van der Waals surface area contributed by atoms with Gasteiger partial charge in [-0.3, -0.25) is 14.4 Å². The summed E-state index contributed by atoms with van der Waals surface area (Å²) in [4.78, 5) is 40.2. The van der Waals surface area contributed by atoms with E-state index < -0.39 is 34.1 Å². The number of aliphatic hydroxyl groups is 1. The molecule has 1 heterocycles. The monoisotopic (exact) mass is 350 g/mol. The van der Waals surface area contributed by atoms with E-state index in [1.807, 2.05) is 13.8 Å². The molecule has 3 fully saturated rings. The highest BCUT2D eigenvalue weighted by Crippen LogP contribution is 2.64. The van der Waals surface area contributed by atoms with Crippen molar-refractivity contribution in [3.63, 3.8) is 0 Å². The van der Waals surface area contributed by atoms with E-state index in [2.05, 4.69) is 0 Å².